The number of rotatable bonds is 5. The molecule has 0 amide bonds. The lowest BCUT2D eigenvalue weighted by molar-refractivity contribution is 0.429. The van der Waals surface area contributed by atoms with Crippen LogP contribution in [0.2, 0.25) is 0 Å². The largest absolute Gasteiger partial charge is 0.312 e. The highest BCUT2D eigenvalue weighted by molar-refractivity contribution is 7.09. The quantitative estimate of drug-likeness (QED) is 0.922. The van der Waals surface area contributed by atoms with Crippen LogP contribution in [0.25, 0.3) is 0 Å². The molecule has 0 saturated carbocycles. The first-order valence-electron chi connectivity index (χ1n) is 7.45. The number of hydrogen-bond donors (Lipinski definition) is 1. The number of aryl methyl sites for hydroxylation is 2. The molecule has 2 aromatic heterocycles. The number of aromatic nitrogens is 3. The monoisotopic (exact) mass is 306 g/mol. The van der Waals surface area contributed by atoms with Gasteiger partial charge in [0.2, 0.25) is 0 Å². The van der Waals surface area contributed by atoms with Crippen LogP contribution in [0.5, 0.6) is 0 Å². The molecule has 0 aliphatic heterocycles. The average Bonchev–Trinajstić information content (AvgIpc) is 2.87. The van der Waals surface area contributed by atoms with E-state index in [1.54, 1.807) is 11.3 Å². The summed E-state index contributed by atoms with van der Waals surface area (Å²) in [5.74, 6) is 0. The van der Waals surface area contributed by atoms with E-state index in [0.29, 0.717) is 0 Å². The van der Waals surface area contributed by atoms with E-state index < -0.39 is 0 Å². The van der Waals surface area contributed by atoms with Crippen LogP contribution in [0.4, 0.5) is 0 Å². The fourth-order valence-electron chi connectivity index (χ4n) is 2.42. The van der Waals surface area contributed by atoms with Gasteiger partial charge in [0.25, 0.3) is 0 Å². The van der Waals surface area contributed by atoms with Crippen molar-refractivity contribution in [1.29, 1.82) is 0 Å². The Morgan fingerprint density at radius 2 is 1.95 bits per heavy atom. The molecule has 0 radical (unpaired) electrons. The van der Waals surface area contributed by atoms with Crippen molar-refractivity contribution in [3.63, 3.8) is 0 Å². The lowest BCUT2D eigenvalue weighted by Gasteiger charge is -2.20. The van der Waals surface area contributed by atoms with E-state index >= 15 is 0 Å². The molecule has 2 rings (SSSR count). The summed E-state index contributed by atoms with van der Waals surface area (Å²) in [6.45, 7) is 14.6. The molecular weight excluding hydrogens is 280 g/mol. The Bertz CT molecular complexity index is 604. The van der Waals surface area contributed by atoms with E-state index in [1.807, 2.05) is 6.92 Å². The van der Waals surface area contributed by atoms with Crippen LogP contribution in [-0.4, -0.2) is 26.8 Å². The zero-order valence-corrected chi connectivity index (χ0v) is 14.8. The molecule has 0 fully saturated rings. The van der Waals surface area contributed by atoms with Crippen LogP contribution in [0, 0.1) is 20.8 Å². The van der Waals surface area contributed by atoms with E-state index in [4.69, 9.17) is 0 Å². The summed E-state index contributed by atoms with van der Waals surface area (Å²) in [7, 11) is 0. The van der Waals surface area contributed by atoms with E-state index in [2.05, 4.69) is 60.1 Å². The summed E-state index contributed by atoms with van der Waals surface area (Å²) in [6.07, 6.45) is 1.02. The predicted molar refractivity (Wildman–Crippen MR) is 89.1 cm³/mol. The highest BCUT2D eigenvalue weighted by Crippen LogP contribution is 2.17. The summed E-state index contributed by atoms with van der Waals surface area (Å²) < 4.78 is 2.08. The Kier molecular flexibility index (Phi) is 4.84. The summed E-state index contributed by atoms with van der Waals surface area (Å²) in [4.78, 5) is 4.53. The molecule has 0 spiro atoms. The number of hydrogen-bond acceptors (Lipinski definition) is 4. The van der Waals surface area contributed by atoms with Crippen molar-refractivity contribution in [3.8, 4) is 0 Å². The van der Waals surface area contributed by atoms with Crippen molar-refractivity contribution >= 4 is 11.3 Å². The molecule has 21 heavy (non-hydrogen) atoms. The van der Waals surface area contributed by atoms with Crippen molar-refractivity contribution in [3.05, 3.63) is 33.0 Å². The van der Waals surface area contributed by atoms with Gasteiger partial charge in [-0.05, 0) is 60.1 Å². The minimum absolute atomic E-state index is 0.163. The molecule has 1 N–H and O–H groups in total. The van der Waals surface area contributed by atoms with E-state index in [1.165, 1.54) is 11.3 Å². The van der Waals surface area contributed by atoms with Crippen LogP contribution in [-0.2, 0) is 13.0 Å². The van der Waals surface area contributed by atoms with Crippen molar-refractivity contribution < 1.29 is 0 Å². The van der Waals surface area contributed by atoms with Crippen LogP contribution in [0.3, 0.4) is 0 Å². The molecule has 116 valence electrons. The highest BCUT2D eigenvalue weighted by atomic mass is 32.1. The van der Waals surface area contributed by atoms with Crippen LogP contribution in [0.1, 0.15) is 48.4 Å². The number of thiazole rings is 1. The van der Waals surface area contributed by atoms with Gasteiger partial charge in [0.1, 0.15) is 5.01 Å². The van der Waals surface area contributed by atoms with Gasteiger partial charge in [-0.25, -0.2) is 4.98 Å². The number of nitrogens with one attached hydrogen (secondary N) is 1. The van der Waals surface area contributed by atoms with Crippen LogP contribution >= 0.6 is 11.3 Å². The highest BCUT2D eigenvalue weighted by Gasteiger charge is 2.14. The first-order chi connectivity index (χ1) is 9.76. The maximum atomic E-state index is 4.69. The second kappa shape index (κ2) is 6.28. The Morgan fingerprint density at radius 3 is 2.52 bits per heavy atom. The second-order valence-corrected chi connectivity index (χ2v) is 7.56. The summed E-state index contributed by atoms with van der Waals surface area (Å²) in [5, 5.41) is 11.4. The van der Waals surface area contributed by atoms with Gasteiger partial charge in [0.15, 0.2) is 0 Å². The molecule has 0 saturated heterocycles. The van der Waals surface area contributed by atoms with Gasteiger partial charge in [-0.3, -0.25) is 4.68 Å². The Morgan fingerprint density at radius 1 is 1.24 bits per heavy atom. The SMILES string of the molecule is Cc1csc(Cn2nc(C)c(CCNC(C)(C)C)c2C)n1. The first kappa shape index (κ1) is 16.2. The fraction of sp³-hybridized carbons (Fsp3) is 0.625. The third kappa shape index (κ3) is 4.38. The third-order valence-electron chi connectivity index (χ3n) is 3.51. The zero-order chi connectivity index (χ0) is 15.6. The number of nitrogens with zero attached hydrogens (tertiary/aromatic N) is 3. The van der Waals surface area contributed by atoms with Gasteiger partial charge in [0.05, 0.1) is 12.2 Å². The van der Waals surface area contributed by atoms with Crippen molar-refractivity contribution in [2.45, 2.75) is 60.0 Å². The molecule has 0 aliphatic carbocycles. The standard InChI is InChI=1S/C16H26N4S/c1-11-10-21-15(18-11)9-20-13(3)14(12(2)19-20)7-8-17-16(4,5)6/h10,17H,7-9H2,1-6H3. The van der Waals surface area contributed by atoms with E-state index in [0.717, 1.165) is 35.9 Å². The van der Waals surface area contributed by atoms with E-state index in [-0.39, 0.29) is 5.54 Å². The lowest BCUT2D eigenvalue weighted by atomic mass is 10.1. The molecule has 4 nitrogen and oxygen atoms in total. The van der Waals surface area contributed by atoms with Gasteiger partial charge in [0, 0.05) is 22.3 Å². The molecule has 2 heterocycles. The minimum Gasteiger partial charge on any atom is -0.312 e. The molecule has 2 aromatic rings. The molecule has 0 bridgehead atoms. The molecule has 0 atom stereocenters. The van der Waals surface area contributed by atoms with E-state index in [9.17, 15) is 0 Å². The normalized spacial score (nSPS) is 12.1. The maximum Gasteiger partial charge on any atom is 0.114 e. The minimum atomic E-state index is 0.163. The van der Waals surface area contributed by atoms with Crippen molar-refractivity contribution in [2.24, 2.45) is 0 Å². The van der Waals surface area contributed by atoms with Gasteiger partial charge >= 0.3 is 0 Å². The van der Waals surface area contributed by atoms with Gasteiger partial charge in [-0.15, -0.1) is 11.3 Å². The maximum absolute atomic E-state index is 4.69. The van der Waals surface area contributed by atoms with Crippen molar-refractivity contribution in [2.75, 3.05) is 6.54 Å². The molecule has 0 aliphatic rings. The topological polar surface area (TPSA) is 42.7 Å². The van der Waals surface area contributed by atoms with Crippen LogP contribution in [0.15, 0.2) is 5.38 Å². The fourth-order valence-corrected chi connectivity index (χ4v) is 3.17. The van der Waals surface area contributed by atoms with Crippen LogP contribution < -0.4 is 5.32 Å². The molecule has 5 heteroatoms. The molecule has 0 unspecified atom stereocenters. The Balaban J connectivity index is 2.06. The molecule has 0 aromatic carbocycles. The predicted octanol–water partition coefficient (Wildman–Crippen LogP) is 3.24. The lowest BCUT2D eigenvalue weighted by Crippen LogP contribution is -2.37. The van der Waals surface area contributed by atoms with Gasteiger partial charge < -0.3 is 5.32 Å². The van der Waals surface area contributed by atoms with Gasteiger partial charge in [-0.2, -0.15) is 5.10 Å². The summed E-state index contributed by atoms with van der Waals surface area (Å²) >= 11 is 1.71. The Labute approximate surface area is 131 Å². The summed E-state index contributed by atoms with van der Waals surface area (Å²) in [5.41, 5.74) is 5.01. The summed E-state index contributed by atoms with van der Waals surface area (Å²) in [6, 6.07) is 0. The third-order valence-corrected chi connectivity index (χ3v) is 4.46. The smallest absolute Gasteiger partial charge is 0.114 e. The Hall–Kier alpha value is -1.20. The van der Waals surface area contributed by atoms with Gasteiger partial charge in [-0.1, -0.05) is 0 Å². The molecular formula is C16H26N4S. The zero-order valence-electron chi connectivity index (χ0n) is 13.9. The van der Waals surface area contributed by atoms with Crippen molar-refractivity contribution in [1.82, 2.24) is 20.1 Å². The first-order valence-corrected chi connectivity index (χ1v) is 8.33. The second-order valence-electron chi connectivity index (χ2n) is 6.62. The average molecular weight is 306 g/mol.